The van der Waals surface area contributed by atoms with E-state index >= 15 is 0 Å². The van der Waals surface area contributed by atoms with Crippen molar-refractivity contribution in [3.8, 4) is 0 Å². The van der Waals surface area contributed by atoms with Gasteiger partial charge in [-0.3, -0.25) is 4.79 Å². The standard InChI is InChI=1S/C12H18N2O5S/c1-9-2-4-10(5-3-9)20(18,19)14-7-6-11(15)13-8-12(16)17/h2-5,12,14,16-17H,6-8H2,1H3,(H,13,15). The summed E-state index contributed by atoms with van der Waals surface area (Å²) in [6.45, 7) is 1.50. The fourth-order valence-electron chi connectivity index (χ4n) is 1.39. The van der Waals surface area contributed by atoms with Gasteiger partial charge in [-0.05, 0) is 19.1 Å². The van der Waals surface area contributed by atoms with Gasteiger partial charge in [0.05, 0.1) is 11.4 Å². The van der Waals surface area contributed by atoms with Crippen LogP contribution in [0.4, 0.5) is 0 Å². The van der Waals surface area contributed by atoms with Crippen LogP contribution in [0, 0.1) is 6.92 Å². The smallest absolute Gasteiger partial charge is 0.240 e. The summed E-state index contributed by atoms with van der Waals surface area (Å²) in [5, 5.41) is 19.4. The molecule has 1 rings (SSSR count). The van der Waals surface area contributed by atoms with Crippen molar-refractivity contribution in [1.29, 1.82) is 0 Å². The lowest BCUT2D eigenvalue weighted by Crippen LogP contribution is -2.34. The molecule has 0 saturated carbocycles. The Hall–Kier alpha value is -1.48. The van der Waals surface area contributed by atoms with Crippen molar-refractivity contribution in [2.45, 2.75) is 24.5 Å². The highest BCUT2D eigenvalue weighted by Gasteiger charge is 2.13. The number of aliphatic hydroxyl groups is 2. The molecule has 0 aliphatic rings. The molecule has 0 aromatic heterocycles. The van der Waals surface area contributed by atoms with Crippen LogP contribution >= 0.6 is 0 Å². The Kier molecular flexibility index (Phi) is 6.08. The summed E-state index contributed by atoms with van der Waals surface area (Å²) in [4.78, 5) is 11.4. The lowest BCUT2D eigenvalue weighted by Gasteiger charge is -2.08. The average Bonchev–Trinajstić information content (AvgIpc) is 2.36. The third-order valence-corrected chi connectivity index (χ3v) is 3.93. The second kappa shape index (κ2) is 7.34. The Morgan fingerprint density at radius 3 is 2.40 bits per heavy atom. The van der Waals surface area contributed by atoms with E-state index in [0.717, 1.165) is 5.56 Å². The maximum atomic E-state index is 11.9. The van der Waals surface area contributed by atoms with Crippen LogP contribution < -0.4 is 10.0 Å². The molecule has 20 heavy (non-hydrogen) atoms. The van der Waals surface area contributed by atoms with E-state index in [1.807, 2.05) is 6.92 Å². The number of nitrogens with one attached hydrogen (secondary N) is 2. The first-order valence-corrected chi connectivity index (χ1v) is 7.49. The van der Waals surface area contributed by atoms with Gasteiger partial charge in [0.25, 0.3) is 0 Å². The molecule has 0 spiro atoms. The third kappa shape index (κ3) is 5.66. The molecule has 0 bridgehead atoms. The van der Waals surface area contributed by atoms with Gasteiger partial charge in [-0.15, -0.1) is 0 Å². The minimum Gasteiger partial charge on any atom is -0.367 e. The summed E-state index contributed by atoms with van der Waals surface area (Å²) < 4.78 is 26.0. The third-order valence-electron chi connectivity index (χ3n) is 2.46. The van der Waals surface area contributed by atoms with Gasteiger partial charge in [-0.1, -0.05) is 17.7 Å². The van der Waals surface area contributed by atoms with E-state index < -0.39 is 22.2 Å². The summed E-state index contributed by atoms with van der Waals surface area (Å²) in [7, 11) is -3.63. The number of rotatable bonds is 7. The van der Waals surface area contributed by atoms with E-state index in [1.165, 1.54) is 12.1 Å². The molecule has 4 N–H and O–H groups in total. The van der Waals surface area contributed by atoms with Crippen molar-refractivity contribution < 1.29 is 23.4 Å². The number of hydrogen-bond donors (Lipinski definition) is 4. The molecule has 1 aromatic rings. The van der Waals surface area contributed by atoms with E-state index in [0.29, 0.717) is 0 Å². The highest BCUT2D eigenvalue weighted by atomic mass is 32.2. The van der Waals surface area contributed by atoms with Gasteiger partial charge < -0.3 is 15.5 Å². The summed E-state index contributed by atoms with van der Waals surface area (Å²) in [5.74, 6) is -0.468. The fraction of sp³-hybridized carbons (Fsp3) is 0.417. The monoisotopic (exact) mass is 302 g/mol. The number of amides is 1. The quantitative estimate of drug-likeness (QED) is 0.487. The molecular formula is C12H18N2O5S. The van der Waals surface area contributed by atoms with Crippen LogP contribution in [0.25, 0.3) is 0 Å². The Morgan fingerprint density at radius 1 is 1.25 bits per heavy atom. The van der Waals surface area contributed by atoms with E-state index in [2.05, 4.69) is 10.0 Å². The number of benzene rings is 1. The predicted molar refractivity (Wildman–Crippen MR) is 72.2 cm³/mol. The second-order valence-electron chi connectivity index (χ2n) is 4.25. The largest absolute Gasteiger partial charge is 0.367 e. The first-order chi connectivity index (χ1) is 9.31. The van der Waals surface area contributed by atoms with E-state index in [1.54, 1.807) is 12.1 Å². The molecule has 7 nitrogen and oxygen atoms in total. The SMILES string of the molecule is Cc1ccc(S(=O)(=O)NCCC(=O)NCC(O)O)cc1. The lowest BCUT2D eigenvalue weighted by molar-refractivity contribution is -0.123. The Bertz CT molecular complexity index is 539. The van der Waals surface area contributed by atoms with Crippen LogP contribution in [0.3, 0.4) is 0 Å². The van der Waals surface area contributed by atoms with Crippen molar-refractivity contribution in [2.24, 2.45) is 0 Å². The first kappa shape index (κ1) is 16.6. The Morgan fingerprint density at radius 2 is 1.85 bits per heavy atom. The van der Waals surface area contributed by atoms with Crippen molar-refractivity contribution in [1.82, 2.24) is 10.0 Å². The molecule has 0 heterocycles. The number of hydrogen-bond acceptors (Lipinski definition) is 5. The van der Waals surface area contributed by atoms with E-state index in [-0.39, 0.29) is 24.4 Å². The van der Waals surface area contributed by atoms with Crippen LogP contribution in [0.2, 0.25) is 0 Å². The predicted octanol–water partition coefficient (Wildman–Crippen LogP) is -0.910. The zero-order chi connectivity index (χ0) is 15.2. The number of carbonyl (C=O) groups excluding carboxylic acids is 1. The Balaban J connectivity index is 2.44. The van der Waals surface area contributed by atoms with Gasteiger partial charge in [-0.25, -0.2) is 13.1 Å². The number of aryl methyl sites for hydroxylation is 1. The van der Waals surface area contributed by atoms with Crippen LogP contribution in [0.1, 0.15) is 12.0 Å². The minimum absolute atomic E-state index is 0.0659. The van der Waals surface area contributed by atoms with Gasteiger partial charge in [0, 0.05) is 13.0 Å². The molecular weight excluding hydrogens is 284 g/mol. The molecule has 8 heteroatoms. The molecule has 0 aliphatic heterocycles. The summed E-state index contributed by atoms with van der Waals surface area (Å²) in [6.07, 6.45) is -1.71. The van der Waals surface area contributed by atoms with Crippen LogP contribution in [-0.2, 0) is 14.8 Å². The van der Waals surface area contributed by atoms with E-state index in [9.17, 15) is 13.2 Å². The highest BCUT2D eigenvalue weighted by molar-refractivity contribution is 7.89. The first-order valence-electron chi connectivity index (χ1n) is 6.00. The zero-order valence-corrected chi connectivity index (χ0v) is 11.9. The van der Waals surface area contributed by atoms with Gasteiger partial charge in [0.2, 0.25) is 15.9 Å². The van der Waals surface area contributed by atoms with E-state index in [4.69, 9.17) is 10.2 Å². The highest BCUT2D eigenvalue weighted by Crippen LogP contribution is 2.09. The minimum atomic E-state index is -3.63. The molecule has 1 amide bonds. The summed E-state index contributed by atoms with van der Waals surface area (Å²) in [5.41, 5.74) is 0.950. The molecule has 0 radical (unpaired) electrons. The normalized spacial score (nSPS) is 11.6. The van der Waals surface area contributed by atoms with Crippen molar-refractivity contribution in [3.05, 3.63) is 29.8 Å². The number of aliphatic hydroxyl groups excluding tert-OH is 1. The second-order valence-corrected chi connectivity index (χ2v) is 6.01. The molecule has 112 valence electrons. The molecule has 0 fully saturated rings. The number of carbonyl (C=O) groups is 1. The lowest BCUT2D eigenvalue weighted by atomic mass is 10.2. The topological polar surface area (TPSA) is 116 Å². The van der Waals surface area contributed by atoms with Crippen molar-refractivity contribution in [3.63, 3.8) is 0 Å². The number of sulfonamides is 1. The van der Waals surface area contributed by atoms with Crippen LogP contribution in [0.5, 0.6) is 0 Å². The van der Waals surface area contributed by atoms with Crippen LogP contribution in [-0.4, -0.2) is 43.9 Å². The Labute approximate surface area is 117 Å². The van der Waals surface area contributed by atoms with Gasteiger partial charge >= 0.3 is 0 Å². The maximum Gasteiger partial charge on any atom is 0.240 e. The van der Waals surface area contributed by atoms with Gasteiger partial charge in [0.1, 0.15) is 0 Å². The summed E-state index contributed by atoms with van der Waals surface area (Å²) in [6, 6.07) is 6.34. The van der Waals surface area contributed by atoms with Crippen LogP contribution in [0.15, 0.2) is 29.2 Å². The molecule has 0 saturated heterocycles. The van der Waals surface area contributed by atoms with Crippen molar-refractivity contribution >= 4 is 15.9 Å². The maximum absolute atomic E-state index is 11.9. The molecule has 0 aliphatic carbocycles. The molecule has 0 atom stereocenters. The molecule has 0 unspecified atom stereocenters. The fourth-order valence-corrected chi connectivity index (χ4v) is 2.43. The zero-order valence-electron chi connectivity index (χ0n) is 11.0. The molecule has 1 aromatic carbocycles. The van der Waals surface area contributed by atoms with Crippen molar-refractivity contribution in [2.75, 3.05) is 13.1 Å². The average molecular weight is 302 g/mol. The van der Waals surface area contributed by atoms with Gasteiger partial charge in [0.15, 0.2) is 6.29 Å². The summed E-state index contributed by atoms with van der Waals surface area (Å²) >= 11 is 0. The van der Waals surface area contributed by atoms with Gasteiger partial charge in [-0.2, -0.15) is 0 Å².